The van der Waals surface area contributed by atoms with E-state index in [0.717, 1.165) is 6.42 Å². The van der Waals surface area contributed by atoms with E-state index in [2.05, 4.69) is 10.2 Å². The molecular formula is C9H14N2O2. The van der Waals surface area contributed by atoms with Gasteiger partial charge in [0.15, 0.2) is 0 Å². The highest BCUT2D eigenvalue weighted by atomic mass is 16.4. The summed E-state index contributed by atoms with van der Waals surface area (Å²) in [6, 6.07) is 0. The van der Waals surface area contributed by atoms with Crippen molar-refractivity contribution < 1.29 is 9.90 Å². The van der Waals surface area contributed by atoms with Crippen LogP contribution in [0.5, 0.6) is 0 Å². The monoisotopic (exact) mass is 182 g/mol. The van der Waals surface area contributed by atoms with Gasteiger partial charge in [-0.25, -0.2) is 4.79 Å². The van der Waals surface area contributed by atoms with Gasteiger partial charge in [0.05, 0.1) is 11.9 Å². The molecule has 0 spiro atoms. The molecule has 4 heteroatoms. The third-order valence-corrected chi connectivity index (χ3v) is 2.43. The van der Waals surface area contributed by atoms with Gasteiger partial charge in [0.1, 0.15) is 5.56 Å². The predicted molar refractivity (Wildman–Crippen MR) is 48.9 cm³/mol. The van der Waals surface area contributed by atoms with Crippen molar-refractivity contribution in [3.8, 4) is 0 Å². The molecule has 1 aromatic rings. The number of nitrogens with zero attached hydrogens (tertiary/aromatic N) is 1. The van der Waals surface area contributed by atoms with E-state index in [0.29, 0.717) is 5.69 Å². The normalized spacial score (nSPS) is 11.6. The molecule has 1 heterocycles. The van der Waals surface area contributed by atoms with E-state index >= 15 is 0 Å². The first-order chi connectivity index (χ1) is 5.99. The molecular weight excluding hydrogens is 168 g/mol. The zero-order chi connectivity index (χ0) is 10.1. The smallest absolute Gasteiger partial charge is 0.339 e. The van der Waals surface area contributed by atoms with E-state index in [1.807, 2.05) is 20.8 Å². The number of carbonyl (C=O) groups is 1. The highest BCUT2D eigenvalue weighted by Crippen LogP contribution is 2.27. The van der Waals surface area contributed by atoms with Crippen molar-refractivity contribution >= 4 is 5.97 Å². The summed E-state index contributed by atoms with van der Waals surface area (Å²) in [5.41, 5.74) is 0.805. The molecule has 13 heavy (non-hydrogen) atoms. The quantitative estimate of drug-likeness (QED) is 0.749. The number of carboxylic acids is 1. The topological polar surface area (TPSA) is 66.0 Å². The number of aromatic nitrogens is 2. The number of aromatic amines is 1. The molecule has 0 unspecified atom stereocenters. The Balaban J connectivity index is 3.14. The SMILES string of the molecule is CCC(C)(C)c1[nH]ncc1C(=O)O. The molecule has 1 rings (SSSR count). The fraction of sp³-hybridized carbons (Fsp3) is 0.556. The number of H-pyrrole nitrogens is 1. The fourth-order valence-corrected chi connectivity index (χ4v) is 1.14. The summed E-state index contributed by atoms with van der Waals surface area (Å²) in [4.78, 5) is 10.8. The van der Waals surface area contributed by atoms with Gasteiger partial charge in [-0.3, -0.25) is 5.10 Å². The van der Waals surface area contributed by atoms with Gasteiger partial charge >= 0.3 is 5.97 Å². The summed E-state index contributed by atoms with van der Waals surface area (Å²) in [5, 5.41) is 15.4. The Morgan fingerprint density at radius 1 is 1.69 bits per heavy atom. The first-order valence-electron chi connectivity index (χ1n) is 4.26. The lowest BCUT2D eigenvalue weighted by Crippen LogP contribution is -2.19. The third kappa shape index (κ3) is 1.71. The largest absolute Gasteiger partial charge is 0.478 e. The second kappa shape index (κ2) is 3.20. The van der Waals surface area contributed by atoms with Crippen LogP contribution < -0.4 is 0 Å². The van der Waals surface area contributed by atoms with Crippen LogP contribution in [0.1, 0.15) is 43.2 Å². The third-order valence-electron chi connectivity index (χ3n) is 2.43. The maximum absolute atomic E-state index is 10.8. The van der Waals surface area contributed by atoms with Crippen molar-refractivity contribution in [2.45, 2.75) is 32.6 Å². The van der Waals surface area contributed by atoms with Crippen LogP contribution in [0, 0.1) is 0 Å². The average molecular weight is 182 g/mol. The van der Waals surface area contributed by atoms with Crippen LogP contribution in [0.15, 0.2) is 6.20 Å². The summed E-state index contributed by atoms with van der Waals surface area (Å²) in [6.07, 6.45) is 2.23. The average Bonchev–Trinajstić information content (AvgIpc) is 2.52. The number of hydrogen-bond donors (Lipinski definition) is 2. The van der Waals surface area contributed by atoms with E-state index in [1.54, 1.807) is 0 Å². The predicted octanol–water partition coefficient (Wildman–Crippen LogP) is 1.80. The lowest BCUT2D eigenvalue weighted by molar-refractivity contribution is 0.0694. The lowest BCUT2D eigenvalue weighted by Gasteiger charge is -2.21. The minimum atomic E-state index is -0.926. The van der Waals surface area contributed by atoms with Gasteiger partial charge in [-0.2, -0.15) is 5.10 Å². The summed E-state index contributed by atoms with van der Waals surface area (Å²) in [6.45, 7) is 6.01. The molecule has 0 radical (unpaired) electrons. The molecule has 0 aliphatic rings. The lowest BCUT2D eigenvalue weighted by atomic mass is 9.84. The zero-order valence-electron chi connectivity index (χ0n) is 8.09. The molecule has 0 saturated carbocycles. The molecule has 0 aliphatic carbocycles. The Morgan fingerprint density at radius 3 is 2.77 bits per heavy atom. The molecule has 0 aromatic carbocycles. The van der Waals surface area contributed by atoms with Gasteiger partial charge in [0.25, 0.3) is 0 Å². The highest BCUT2D eigenvalue weighted by molar-refractivity contribution is 5.88. The molecule has 0 fully saturated rings. The van der Waals surface area contributed by atoms with Gasteiger partial charge in [-0.05, 0) is 6.42 Å². The highest BCUT2D eigenvalue weighted by Gasteiger charge is 2.26. The number of hydrogen-bond acceptors (Lipinski definition) is 2. The van der Waals surface area contributed by atoms with Crippen molar-refractivity contribution in [2.75, 3.05) is 0 Å². The van der Waals surface area contributed by atoms with E-state index < -0.39 is 5.97 Å². The van der Waals surface area contributed by atoms with E-state index in [9.17, 15) is 4.79 Å². The van der Waals surface area contributed by atoms with Crippen LogP contribution in [0.4, 0.5) is 0 Å². The van der Waals surface area contributed by atoms with Crippen molar-refractivity contribution in [3.63, 3.8) is 0 Å². The van der Waals surface area contributed by atoms with Crippen LogP contribution in [0.2, 0.25) is 0 Å². The van der Waals surface area contributed by atoms with E-state index in [1.165, 1.54) is 6.20 Å². The van der Waals surface area contributed by atoms with Crippen LogP contribution in [0.25, 0.3) is 0 Å². The van der Waals surface area contributed by atoms with Gasteiger partial charge in [0, 0.05) is 5.41 Å². The van der Waals surface area contributed by atoms with Gasteiger partial charge in [-0.1, -0.05) is 20.8 Å². The molecule has 0 saturated heterocycles. The summed E-state index contributed by atoms with van der Waals surface area (Å²) < 4.78 is 0. The molecule has 0 bridgehead atoms. The summed E-state index contributed by atoms with van der Waals surface area (Å²) in [5.74, 6) is -0.926. The molecule has 4 nitrogen and oxygen atoms in total. The molecule has 2 N–H and O–H groups in total. The molecule has 0 aliphatic heterocycles. The van der Waals surface area contributed by atoms with Crippen molar-refractivity contribution in [2.24, 2.45) is 0 Å². The van der Waals surface area contributed by atoms with E-state index in [4.69, 9.17) is 5.11 Å². The second-order valence-corrected chi connectivity index (χ2v) is 3.70. The van der Waals surface area contributed by atoms with Crippen LogP contribution in [-0.4, -0.2) is 21.3 Å². The van der Waals surface area contributed by atoms with Gasteiger partial charge < -0.3 is 5.11 Å². The minimum absolute atomic E-state index is 0.162. The van der Waals surface area contributed by atoms with Crippen molar-refractivity contribution in [1.29, 1.82) is 0 Å². The van der Waals surface area contributed by atoms with Gasteiger partial charge in [-0.15, -0.1) is 0 Å². The minimum Gasteiger partial charge on any atom is -0.478 e. The number of nitrogens with one attached hydrogen (secondary N) is 1. The summed E-state index contributed by atoms with van der Waals surface area (Å²) in [7, 11) is 0. The number of rotatable bonds is 3. The molecule has 0 atom stereocenters. The molecule has 1 aromatic heterocycles. The maximum atomic E-state index is 10.8. The Bertz CT molecular complexity index is 315. The number of carboxylic acid groups (broad SMARTS) is 1. The Hall–Kier alpha value is -1.32. The molecule has 72 valence electrons. The zero-order valence-corrected chi connectivity index (χ0v) is 8.09. The van der Waals surface area contributed by atoms with Crippen LogP contribution in [0.3, 0.4) is 0 Å². The maximum Gasteiger partial charge on any atom is 0.339 e. The van der Waals surface area contributed by atoms with E-state index in [-0.39, 0.29) is 11.0 Å². The Kier molecular flexibility index (Phi) is 2.40. The first-order valence-corrected chi connectivity index (χ1v) is 4.26. The fourth-order valence-electron chi connectivity index (χ4n) is 1.14. The van der Waals surface area contributed by atoms with Crippen LogP contribution in [-0.2, 0) is 5.41 Å². The van der Waals surface area contributed by atoms with Gasteiger partial charge in [0.2, 0.25) is 0 Å². The van der Waals surface area contributed by atoms with Crippen molar-refractivity contribution in [3.05, 3.63) is 17.5 Å². The standard InChI is InChI=1S/C9H14N2O2/c1-4-9(2,3)7-6(8(12)13)5-10-11-7/h5H,4H2,1-3H3,(H,10,11)(H,12,13). The number of aromatic carboxylic acids is 1. The second-order valence-electron chi connectivity index (χ2n) is 3.70. The van der Waals surface area contributed by atoms with Crippen molar-refractivity contribution in [1.82, 2.24) is 10.2 Å². The molecule has 0 amide bonds. The van der Waals surface area contributed by atoms with Crippen LogP contribution >= 0.6 is 0 Å². The summed E-state index contributed by atoms with van der Waals surface area (Å²) >= 11 is 0. The Morgan fingerprint density at radius 2 is 2.31 bits per heavy atom. The first kappa shape index (κ1) is 9.77. The Labute approximate surface area is 77.0 Å².